The van der Waals surface area contributed by atoms with Gasteiger partial charge in [-0.25, -0.2) is 18.2 Å². The maximum absolute atomic E-state index is 13.6. The minimum absolute atomic E-state index is 0.00167. The van der Waals surface area contributed by atoms with Crippen LogP contribution >= 0.6 is 0 Å². The van der Waals surface area contributed by atoms with E-state index >= 15 is 0 Å². The summed E-state index contributed by atoms with van der Waals surface area (Å²) in [4.78, 5) is 35.1. The van der Waals surface area contributed by atoms with Crippen molar-refractivity contribution >= 4 is 27.7 Å². The van der Waals surface area contributed by atoms with Crippen molar-refractivity contribution in [1.82, 2.24) is 9.97 Å². The number of aryl methyl sites for hydroxylation is 1. The van der Waals surface area contributed by atoms with E-state index in [2.05, 4.69) is 15.3 Å². The van der Waals surface area contributed by atoms with Crippen LogP contribution in [-0.4, -0.2) is 60.4 Å². The second-order valence-corrected chi connectivity index (χ2v) is 14.2. The van der Waals surface area contributed by atoms with Crippen molar-refractivity contribution in [1.29, 1.82) is 0 Å². The highest BCUT2D eigenvalue weighted by molar-refractivity contribution is 7.92. The third-order valence-corrected chi connectivity index (χ3v) is 9.24. The lowest BCUT2D eigenvalue weighted by Gasteiger charge is -2.27. The Labute approximate surface area is 257 Å². The van der Waals surface area contributed by atoms with E-state index in [1.54, 1.807) is 70.2 Å². The number of amides is 1. The summed E-state index contributed by atoms with van der Waals surface area (Å²) in [7, 11) is -3.37. The lowest BCUT2D eigenvalue weighted by atomic mass is 10.1. The molecule has 1 atom stereocenters. The summed E-state index contributed by atoms with van der Waals surface area (Å²) >= 11 is 0. The number of rotatable bonds is 10. The molecule has 0 radical (unpaired) electrons. The molecule has 0 bridgehead atoms. The molecule has 12 heteroatoms. The lowest BCUT2D eigenvalue weighted by Crippen LogP contribution is -2.31. The second kappa shape index (κ2) is 13.0. The standard InChI is InChI=1S/C32H37N3O8S/c1-20-18-27(41-24-7-5-6-22(19-24)30(37)43-32(2,3)4)34-31(33-20)35-29(36)28(42-23-14-16-40-17-15-23)21-8-10-25(11-9-21)44(38,39)26-12-13-26/h5-11,18-19,23,26,28H,12-17H2,1-4H3,(H,33,34,35,36). The van der Waals surface area contributed by atoms with Crippen molar-refractivity contribution in [3.05, 3.63) is 71.4 Å². The monoisotopic (exact) mass is 623 g/mol. The Bertz CT molecular complexity index is 1610. The van der Waals surface area contributed by atoms with Gasteiger partial charge in [0.2, 0.25) is 11.8 Å². The van der Waals surface area contributed by atoms with Gasteiger partial charge >= 0.3 is 5.97 Å². The van der Waals surface area contributed by atoms with Crippen LogP contribution in [0.15, 0.2) is 59.5 Å². The molecule has 2 aliphatic rings. The van der Waals surface area contributed by atoms with Crippen LogP contribution in [0.4, 0.5) is 5.95 Å². The van der Waals surface area contributed by atoms with Crippen LogP contribution in [0.2, 0.25) is 0 Å². The van der Waals surface area contributed by atoms with Crippen molar-refractivity contribution < 1.29 is 37.0 Å². The fourth-order valence-corrected chi connectivity index (χ4v) is 6.32. The van der Waals surface area contributed by atoms with Crippen LogP contribution in [0.1, 0.15) is 74.2 Å². The summed E-state index contributed by atoms with van der Waals surface area (Å²) in [5.74, 6) is -0.487. The zero-order chi connectivity index (χ0) is 31.5. The zero-order valence-electron chi connectivity index (χ0n) is 25.2. The molecular formula is C32H37N3O8S. The second-order valence-electron chi connectivity index (χ2n) is 11.9. The summed E-state index contributed by atoms with van der Waals surface area (Å²) in [6, 6.07) is 14.4. The Kier molecular flexibility index (Phi) is 9.33. The first-order valence-corrected chi connectivity index (χ1v) is 16.2. The van der Waals surface area contributed by atoms with Gasteiger partial charge < -0.3 is 18.9 Å². The number of benzene rings is 2. The summed E-state index contributed by atoms with van der Waals surface area (Å²) in [5, 5.41) is 2.40. The quantitative estimate of drug-likeness (QED) is 0.294. The van der Waals surface area contributed by atoms with Gasteiger partial charge in [-0.1, -0.05) is 18.2 Å². The predicted octanol–water partition coefficient (Wildman–Crippen LogP) is 5.34. The van der Waals surface area contributed by atoms with E-state index in [1.165, 1.54) is 12.1 Å². The molecule has 234 valence electrons. The van der Waals surface area contributed by atoms with Gasteiger partial charge in [-0.15, -0.1) is 0 Å². The lowest BCUT2D eigenvalue weighted by molar-refractivity contribution is -0.136. The fraction of sp³-hybridized carbons (Fsp3) is 0.438. The predicted molar refractivity (Wildman–Crippen MR) is 161 cm³/mol. The number of esters is 1. The number of ether oxygens (including phenoxy) is 4. The highest BCUT2D eigenvalue weighted by Crippen LogP contribution is 2.34. The van der Waals surface area contributed by atoms with Gasteiger partial charge in [0, 0.05) is 25.0 Å². The van der Waals surface area contributed by atoms with Crippen LogP contribution in [0.25, 0.3) is 0 Å². The van der Waals surface area contributed by atoms with Gasteiger partial charge in [0.25, 0.3) is 5.91 Å². The number of sulfone groups is 1. The van der Waals surface area contributed by atoms with Crippen molar-refractivity contribution in [2.75, 3.05) is 18.5 Å². The van der Waals surface area contributed by atoms with E-state index in [0.717, 1.165) is 0 Å². The molecule has 1 amide bonds. The number of hydrogen-bond donors (Lipinski definition) is 1. The highest BCUT2D eigenvalue weighted by Gasteiger charge is 2.37. The van der Waals surface area contributed by atoms with Gasteiger partial charge in [-0.05, 0) is 89.3 Å². The van der Waals surface area contributed by atoms with Gasteiger partial charge in [-0.2, -0.15) is 4.98 Å². The van der Waals surface area contributed by atoms with Gasteiger partial charge in [0.15, 0.2) is 15.9 Å². The molecule has 1 N–H and O–H groups in total. The Morgan fingerprint density at radius 1 is 0.977 bits per heavy atom. The molecule has 1 saturated heterocycles. The van der Waals surface area contributed by atoms with Crippen LogP contribution in [0.5, 0.6) is 11.6 Å². The molecule has 3 aromatic rings. The zero-order valence-corrected chi connectivity index (χ0v) is 26.1. The topological polar surface area (TPSA) is 143 Å². The Balaban J connectivity index is 1.34. The van der Waals surface area contributed by atoms with Crippen LogP contribution in [0, 0.1) is 6.92 Å². The van der Waals surface area contributed by atoms with E-state index in [1.807, 2.05) is 0 Å². The summed E-state index contributed by atoms with van der Waals surface area (Å²) < 4.78 is 48.4. The molecule has 0 spiro atoms. The largest absolute Gasteiger partial charge is 0.456 e. The number of carbonyl (C=O) groups is 2. The first kappa shape index (κ1) is 31.6. The summed E-state index contributed by atoms with van der Waals surface area (Å²) in [6.45, 7) is 8.15. The SMILES string of the molecule is Cc1cc(Oc2cccc(C(=O)OC(C)(C)C)c2)nc(NC(=O)C(OC2CCOCC2)c2ccc(S(=O)(=O)C3CC3)cc2)n1. The van der Waals surface area contributed by atoms with Crippen molar-refractivity contribution in [2.24, 2.45) is 0 Å². The number of nitrogens with zero attached hydrogens (tertiary/aromatic N) is 2. The Morgan fingerprint density at radius 2 is 1.68 bits per heavy atom. The average molecular weight is 624 g/mol. The van der Waals surface area contributed by atoms with E-state index in [9.17, 15) is 18.0 Å². The molecule has 11 nitrogen and oxygen atoms in total. The molecule has 1 unspecified atom stereocenters. The minimum Gasteiger partial charge on any atom is -0.456 e. The van der Waals surface area contributed by atoms with E-state index in [-0.39, 0.29) is 28.1 Å². The van der Waals surface area contributed by atoms with Crippen LogP contribution < -0.4 is 10.1 Å². The number of carbonyl (C=O) groups excluding carboxylic acids is 2. The molecule has 1 aromatic heterocycles. The molecule has 44 heavy (non-hydrogen) atoms. The van der Waals surface area contributed by atoms with Crippen molar-refractivity contribution in [3.8, 4) is 11.6 Å². The molecule has 1 aliphatic heterocycles. The Morgan fingerprint density at radius 3 is 2.34 bits per heavy atom. The normalized spacial score (nSPS) is 16.6. The van der Waals surface area contributed by atoms with Crippen LogP contribution in [0.3, 0.4) is 0 Å². The first-order valence-electron chi connectivity index (χ1n) is 14.6. The van der Waals surface area contributed by atoms with E-state index < -0.39 is 33.4 Å². The molecule has 1 aliphatic carbocycles. The van der Waals surface area contributed by atoms with Crippen molar-refractivity contribution in [3.63, 3.8) is 0 Å². The van der Waals surface area contributed by atoms with E-state index in [4.69, 9.17) is 18.9 Å². The number of hydrogen-bond acceptors (Lipinski definition) is 10. The summed E-state index contributed by atoms with van der Waals surface area (Å²) in [6.07, 6.45) is 1.32. The molecule has 1 saturated carbocycles. The molecule has 5 rings (SSSR count). The fourth-order valence-electron chi connectivity index (χ4n) is 4.67. The third kappa shape index (κ3) is 8.19. The number of aromatic nitrogens is 2. The van der Waals surface area contributed by atoms with Gasteiger partial charge in [-0.3, -0.25) is 10.1 Å². The first-order chi connectivity index (χ1) is 20.9. The number of nitrogens with one attached hydrogen (secondary N) is 1. The average Bonchev–Trinajstić information content (AvgIpc) is 3.82. The molecule has 2 fully saturated rings. The maximum Gasteiger partial charge on any atom is 0.338 e. The van der Waals surface area contributed by atoms with Crippen molar-refractivity contribution in [2.45, 2.75) is 81.3 Å². The smallest absolute Gasteiger partial charge is 0.338 e. The molecule has 2 aromatic carbocycles. The Hall–Kier alpha value is -3.87. The highest BCUT2D eigenvalue weighted by atomic mass is 32.2. The number of anilines is 1. The van der Waals surface area contributed by atoms with Crippen LogP contribution in [-0.2, 0) is 28.8 Å². The van der Waals surface area contributed by atoms with Gasteiger partial charge in [0.05, 0.1) is 21.8 Å². The maximum atomic E-state index is 13.6. The van der Waals surface area contributed by atoms with E-state index in [0.29, 0.717) is 61.5 Å². The molecular weight excluding hydrogens is 586 g/mol. The summed E-state index contributed by atoms with van der Waals surface area (Å²) in [5.41, 5.74) is 0.714. The minimum atomic E-state index is -3.37. The van der Waals surface area contributed by atoms with Gasteiger partial charge in [0.1, 0.15) is 11.4 Å². The molecule has 2 heterocycles. The third-order valence-electron chi connectivity index (χ3n) is 6.97.